The van der Waals surface area contributed by atoms with Gasteiger partial charge in [0, 0.05) is 23.1 Å². The van der Waals surface area contributed by atoms with E-state index in [-0.39, 0.29) is 11.8 Å². The first-order chi connectivity index (χ1) is 17.0. The molecule has 186 valence electrons. The molecule has 1 atom stereocenters. The third-order valence-electron chi connectivity index (χ3n) is 5.98. The van der Waals surface area contributed by atoms with Crippen LogP contribution in [0.1, 0.15) is 24.3 Å². The molecular weight excluding hydrogens is 516 g/mol. The van der Waals surface area contributed by atoms with E-state index < -0.39 is 0 Å². The lowest BCUT2D eigenvalue weighted by Gasteiger charge is -2.30. The van der Waals surface area contributed by atoms with E-state index in [9.17, 15) is 4.79 Å². The highest BCUT2D eigenvalue weighted by molar-refractivity contribution is 9.10. The average Bonchev–Trinajstić information content (AvgIpc) is 3.35. The SMILES string of the molecule is COc1cc(CNC(=O)C2CCCN(Cc3nc(-c4cccc(Br)c4)no3)C2)cc(OC)c1OC. The number of nitrogens with one attached hydrogen (secondary N) is 1. The molecule has 1 amide bonds. The van der Waals surface area contributed by atoms with Gasteiger partial charge in [-0.15, -0.1) is 0 Å². The number of benzene rings is 2. The van der Waals surface area contributed by atoms with Gasteiger partial charge < -0.3 is 24.1 Å². The quantitative estimate of drug-likeness (QED) is 0.430. The zero-order valence-corrected chi connectivity index (χ0v) is 21.6. The van der Waals surface area contributed by atoms with Crippen LogP contribution in [0.4, 0.5) is 0 Å². The number of halogens is 1. The lowest BCUT2D eigenvalue weighted by molar-refractivity contribution is -0.127. The minimum Gasteiger partial charge on any atom is -0.493 e. The number of ether oxygens (including phenoxy) is 3. The molecule has 1 fully saturated rings. The van der Waals surface area contributed by atoms with E-state index in [0.717, 1.165) is 35.0 Å². The second-order valence-electron chi connectivity index (χ2n) is 8.35. The molecular formula is C25H29BrN4O5. The van der Waals surface area contributed by atoms with Crippen LogP contribution in [0.5, 0.6) is 17.2 Å². The fourth-order valence-electron chi connectivity index (χ4n) is 4.24. The summed E-state index contributed by atoms with van der Waals surface area (Å²) in [7, 11) is 4.70. The minimum atomic E-state index is -0.113. The van der Waals surface area contributed by atoms with Gasteiger partial charge in [-0.05, 0) is 49.2 Å². The lowest BCUT2D eigenvalue weighted by atomic mass is 9.97. The van der Waals surface area contributed by atoms with Crippen LogP contribution in [0.15, 0.2) is 45.4 Å². The Morgan fingerprint density at radius 1 is 1.17 bits per heavy atom. The van der Waals surface area contributed by atoms with E-state index >= 15 is 0 Å². The number of carbonyl (C=O) groups is 1. The third-order valence-corrected chi connectivity index (χ3v) is 6.47. The van der Waals surface area contributed by atoms with Gasteiger partial charge in [0.2, 0.25) is 23.4 Å². The molecule has 1 saturated heterocycles. The van der Waals surface area contributed by atoms with Crippen molar-refractivity contribution in [2.45, 2.75) is 25.9 Å². The fourth-order valence-corrected chi connectivity index (χ4v) is 4.64. The largest absolute Gasteiger partial charge is 0.493 e. The number of aromatic nitrogens is 2. The second kappa shape index (κ2) is 11.5. The number of hydrogen-bond acceptors (Lipinski definition) is 8. The van der Waals surface area contributed by atoms with Gasteiger partial charge in [-0.2, -0.15) is 4.98 Å². The van der Waals surface area contributed by atoms with Crippen LogP contribution in [-0.2, 0) is 17.9 Å². The van der Waals surface area contributed by atoms with Crippen LogP contribution in [0.3, 0.4) is 0 Å². The van der Waals surface area contributed by atoms with E-state index in [0.29, 0.717) is 48.6 Å². The summed E-state index contributed by atoms with van der Waals surface area (Å²) in [5.41, 5.74) is 1.75. The van der Waals surface area contributed by atoms with Gasteiger partial charge in [0.05, 0.1) is 33.8 Å². The number of nitrogens with zero attached hydrogens (tertiary/aromatic N) is 3. The Kier molecular flexibility index (Phi) is 8.25. The van der Waals surface area contributed by atoms with Crippen LogP contribution >= 0.6 is 15.9 Å². The van der Waals surface area contributed by atoms with Gasteiger partial charge in [0.25, 0.3) is 0 Å². The smallest absolute Gasteiger partial charge is 0.241 e. The van der Waals surface area contributed by atoms with Crippen molar-refractivity contribution in [3.05, 3.63) is 52.3 Å². The molecule has 0 spiro atoms. The van der Waals surface area contributed by atoms with Crippen molar-refractivity contribution in [3.63, 3.8) is 0 Å². The van der Waals surface area contributed by atoms with Crippen molar-refractivity contribution in [2.75, 3.05) is 34.4 Å². The number of piperidine rings is 1. The maximum Gasteiger partial charge on any atom is 0.241 e. The zero-order chi connectivity index (χ0) is 24.8. The maximum absolute atomic E-state index is 12.9. The van der Waals surface area contributed by atoms with Crippen molar-refractivity contribution in [3.8, 4) is 28.6 Å². The van der Waals surface area contributed by atoms with E-state index in [1.165, 1.54) is 0 Å². The summed E-state index contributed by atoms with van der Waals surface area (Å²) in [6, 6.07) is 11.4. The second-order valence-corrected chi connectivity index (χ2v) is 9.26. The monoisotopic (exact) mass is 544 g/mol. The van der Waals surface area contributed by atoms with Crippen LogP contribution in [0, 0.1) is 5.92 Å². The van der Waals surface area contributed by atoms with Gasteiger partial charge >= 0.3 is 0 Å². The summed E-state index contributed by atoms with van der Waals surface area (Å²) in [5, 5.41) is 7.16. The molecule has 1 aromatic heterocycles. The van der Waals surface area contributed by atoms with E-state index in [4.69, 9.17) is 18.7 Å². The van der Waals surface area contributed by atoms with E-state index in [1.807, 2.05) is 36.4 Å². The molecule has 0 bridgehead atoms. The Labute approximate surface area is 212 Å². The van der Waals surface area contributed by atoms with Crippen molar-refractivity contribution < 1.29 is 23.5 Å². The molecule has 0 aliphatic carbocycles. The first-order valence-electron chi connectivity index (χ1n) is 11.4. The summed E-state index contributed by atoms with van der Waals surface area (Å²) >= 11 is 3.46. The fraction of sp³-hybridized carbons (Fsp3) is 0.400. The first kappa shape index (κ1) is 25.0. The van der Waals surface area contributed by atoms with Crippen LogP contribution < -0.4 is 19.5 Å². The predicted octanol–water partition coefficient (Wildman–Crippen LogP) is 4.05. The number of carbonyl (C=O) groups excluding carboxylic acids is 1. The summed E-state index contributed by atoms with van der Waals surface area (Å²) in [5.74, 6) is 2.64. The van der Waals surface area contributed by atoms with Crippen molar-refractivity contribution >= 4 is 21.8 Å². The van der Waals surface area contributed by atoms with E-state index in [1.54, 1.807) is 21.3 Å². The average molecular weight is 545 g/mol. The standard InChI is InChI=1S/C25H29BrN4O5/c1-32-20-10-16(11-21(33-2)23(20)34-3)13-27-25(31)18-7-5-9-30(14-18)15-22-28-24(29-35-22)17-6-4-8-19(26)12-17/h4,6,8,10-12,18H,5,7,9,13-15H2,1-3H3,(H,27,31). The number of hydrogen-bond donors (Lipinski definition) is 1. The molecule has 1 aliphatic rings. The van der Waals surface area contributed by atoms with Crippen molar-refractivity contribution in [1.29, 1.82) is 0 Å². The highest BCUT2D eigenvalue weighted by Gasteiger charge is 2.27. The van der Waals surface area contributed by atoms with Crippen molar-refractivity contribution in [2.24, 2.45) is 5.92 Å². The lowest BCUT2D eigenvalue weighted by Crippen LogP contribution is -2.42. The van der Waals surface area contributed by atoms with Gasteiger partial charge in [-0.1, -0.05) is 33.2 Å². The molecule has 1 aliphatic heterocycles. The zero-order valence-electron chi connectivity index (χ0n) is 20.0. The molecule has 2 aromatic carbocycles. The Morgan fingerprint density at radius 3 is 2.63 bits per heavy atom. The Hall–Kier alpha value is -3.11. The number of amides is 1. The molecule has 10 heteroatoms. The molecule has 35 heavy (non-hydrogen) atoms. The van der Waals surface area contributed by atoms with Crippen molar-refractivity contribution in [1.82, 2.24) is 20.4 Å². The summed E-state index contributed by atoms with van der Waals surface area (Å²) < 4.78 is 22.6. The normalized spacial score (nSPS) is 16.1. The molecule has 1 unspecified atom stereocenters. The van der Waals surface area contributed by atoms with E-state index in [2.05, 4.69) is 36.3 Å². The number of methoxy groups -OCH3 is 3. The minimum absolute atomic E-state index is 0.0174. The summed E-state index contributed by atoms with van der Waals surface area (Å²) in [6.07, 6.45) is 1.76. The number of rotatable bonds is 9. The Bertz CT molecular complexity index is 1140. The highest BCUT2D eigenvalue weighted by atomic mass is 79.9. The topological polar surface area (TPSA) is 99.0 Å². The summed E-state index contributed by atoms with van der Waals surface area (Å²) in [4.78, 5) is 19.7. The summed E-state index contributed by atoms with van der Waals surface area (Å²) in [6.45, 7) is 2.39. The molecule has 1 N–H and O–H groups in total. The Morgan fingerprint density at radius 2 is 1.94 bits per heavy atom. The van der Waals surface area contributed by atoms with Crippen LogP contribution in [0.25, 0.3) is 11.4 Å². The number of likely N-dealkylation sites (tertiary alicyclic amines) is 1. The molecule has 0 saturated carbocycles. The first-order valence-corrected chi connectivity index (χ1v) is 12.2. The maximum atomic E-state index is 12.9. The molecule has 3 aromatic rings. The molecule has 0 radical (unpaired) electrons. The molecule has 2 heterocycles. The van der Waals surface area contributed by atoms with Gasteiger partial charge in [-0.25, -0.2) is 0 Å². The predicted molar refractivity (Wildman–Crippen MR) is 133 cm³/mol. The van der Waals surface area contributed by atoms with Crippen LogP contribution in [0.2, 0.25) is 0 Å². The van der Waals surface area contributed by atoms with Gasteiger partial charge in [0.1, 0.15) is 0 Å². The molecule has 9 nitrogen and oxygen atoms in total. The third kappa shape index (κ3) is 6.12. The molecule has 4 rings (SSSR count). The van der Waals surface area contributed by atoms with Gasteiger partial charge in [0.15, 0.2) is 11.5 Å². The Balaban J connectivity index is 1.34. The van der Waals surface area contributed by atoms with Gasteiger partial charge in [-0.3, -0.25) is 9.69 Å². The van der Waals surface area contributed by atoms with Crippen LogP contribution in [-0.4, -0.2) is 55.4 Å². The highest BCUT2D eigenvalue weighted by Crippen LogP contribution is 2.38.